The molecule has 2 amide bonds. The van der Waals surface area contributed by atoms with E-state index in [4.69, 9.17) is 4.74 Å². The molecular weight excluding hydrogens is 310 g/mol. The number of rotatable bonds is 5. The van der Waals surface area contributed by atoms with Gasteiger partial charge in [-0.3, -0.25) is 0 Å². The fraction of sp³-hybridized carbons (Fsp3) is 0.467. The molecule has 1 aromatic carbocycles. The van der Waals surface area contributed by atoms with Crippen LogP contribution in [-0.4, -0.2) is 77.6 Å². The lowest BCUT2D eigenvalue weighted by molar-refractivity contribution is 0.177. The quantitative estimate of drug-likeness (QED) is 0.784. The predicted octanol–water partition coefficient (Wildman–Crippen LogP) is 0.140. The number of aromatic nitrogens is 4. The van der Waals surface area contributed by atoms with E-state index < -0.39 is 0 Å². The molecule has 1 aliphatic rings. The lowest BCUT2D eigenvalue weighted by atomic mass is 10.3. The van der Waals surface area contributed by atoms with Crippen molar-refractivity contribution in [3.63, 3.8) is 0 Å². The Kier molecular flexibility index (Phi) is 5.22. The summed E-state index contributed by atoms with van der Waals surface area (Å²) >= 11 is 0. The average molecular weight is 331 g/mol. The van der Waals surface area contributed by atoms with E-state index in [1.165, 1.54) is 0 Å². The molecule has 1 fully saturated rings. The van der Waals surface area contributed by atoms with Crippen LogP contribution in [0.15, 0.2) is 30.3 Å². The molecule has 1 saturated heterocycles. The van der Waals surface area contributed by atoms with Gasteiger partial charge in [0, 0.05) is 39.8 Å². The number of nitrogens with one attached hydrogen (secondary N) is 1. The number of para-hydroxylation sites is 1. The predicted molar refractivity (Wildman–Crippen MR) is 88.2 cm³/mol. The molecule has 1 N–H and O–H groups in total. The van der Waals surface area contributed by atoms with Crippen molar-refractivity contribution in [2.75, 3.05) is 51.3 Å². The van der Waals surface area contributed by atoms with Gasteiger partial charge < -0.3 is 19.9 Å². The largest absolute Gasteiger partial charge is 0.383 e. The molecule has 0 atom stereocenters. The fourth-order valence-electron chi connectivity index (χ4n) is 2.60. The Balaban J connectivity index is 1.60. The van der Waals surface area contributed by atoms with Crippen molar-refractivity contribution in [1.29, 1.82) is 0 Å². The number of hydrogen-bond acceptors (Lipinski definition) is 6. The normalized spacial score (nSPS) is 14.7. The topological polar surface area (TPSA) is 88.4 Å². The van der Waals surface area contributed by atoms with Crippen LogP contribution in [0.4, 0.5) is 10.7 Å². The van der Waals surface area contributed by atoms with Crippen molar-refractivity contribution in [2.45, 2.75) is 0 Å². The number of ether oxygens (including phenoxy) is 1. The molecule has 0 radical (unpaired) electrons. The van der Waals surface area contributed by atoms with Gasteiger partial charge in [-0.05, 0) is 22.6 Å². The molecule has 0 unspecified atom stereocenters. The summed E-state index contributed by atoms with van der Waals surface area (Å²) in [4.78, 5) is 15.9. The molecule has 9 nitrogen and oxygen atoms in total. The maximum atomic E-state index is 12.0. The van der Waals surface area contributed by atoms with Crippen LogP contribution >= 0.6 is 0 Å². The van der Waals surface area contributed by atoms with Crippen molar-refractivity contribution in [1.82, 2.24) is 30.4 Å². The first-order valence-electron chi connectivity index (χ1n) is 7.90. The summed E-state index contributed by atoms with van der Waals surface area (Å²) in [6.45, 7) is 3.65. The van der Waals surface area contributed by atoms with E-state index in [2.05, 4.69) is 25.7 Å². The zero-order valence-corrected chi connectivity index (χ0v) is 13.6. The first-order chi connectivity index (χ1) is 11.8. The minimum atomic E-state index is -0.0608. The summed E-state index contributed by atoms with van der Waals surface area (Å²) < 4.78 is 6.65. The van der Waals surface area contributed by atoms with Crippen molar-refractivity contribution in [3.05, 3.63) is 30.3 Å². The van der Waals surface area contributed by atoms with Crippen LogP contribution in [0.5, 0.6) is 0 Å². The van der Waals surface area contributed by atoms with Crippen LogP contribution in [0.3, 0.4) is 0 Å². The van der Waals surface area contributed by atoms with E-state index in [9.17, 15) is 4.79 Å². The van der Waals surface area contributed by atoms with Crippen molar-refractivity contribution in [2.24, 2.45) is 0 Å². The maximum absolute atomic E-state index is 12.0. The molecule has 0 saturated carbocycles. The second kappa shape index (κ2) is 7.73. The number of methoxy groups -OCH3 is 1. The van der Waals surface area contributed by atoms with E-state index in [1.54, 1.807) is 16.7 Å². The SMILES string of the molecule is COCCNC(=O)N1CCN(c2nnnn2-c2ccccc2)CC1. The van der Waals surface area contributed by atoms with Gasteiger partial charge in [0.15, 0.2) is 0 Å². The number of tetrazole rings is 1. The lowest BCUT2D eigenvalue weighted by Crippen LogP contribution is -2.52. The summed E-state index contributed by atoms with van der Waals surface area (Å²) in [7, 11) is 1.61. The Morgan fingerprint density at radius 2 is 1.96 bits per heavy atom. The summed E-state index contributed by atoms with van der Waals surface area (Å²) in [6, 6.07) is 9.70. The second-order valence-electron chi connectivity index (χ2n) is 5.43. The molecule has 2 heterocycles. The van der Waals surface area contributed by atoms with Gasteiger partial charge in [0.05, 0.1) is 12.3 Å². The van der Waals surface area contributed by atoms with E-state index in [0.717, 1.165) is 5.69 Å². The zero-order chi connectivity index (χ0) is 16.8. The Labute approximate surface area is 140 Å². The van der Waals surface area contributed by atoms with Crippen LogP contribution in [0, 0.1) is 0 Å². The number of anilines is 1. The highest BCUT2D eigenvalue weighted by Crippen LogP contribution is 2.16. The number of piperazine rings is 1. The van der Waals surface area contributed by atoms with Crippen molar-refractivity contribution in [3.8, 4) is 5.69 Å². The molecule has 24 heavy (non-hydrogen) atoms. The smallest absolute Gasteiger partial charge is 0.317 e. The van der Waals surface area contributed by atoms with Gasteiger partial charge >= 0.3 is 6.03 Å². The van der Waals surface area contributed by atoms with Gasteiger partial charge in [-0.25, -0.2) is 4.79 Å². The van der Waals surface area contributed by atoms with Crippen LogP contribution in [0.1, 0.15) is 0 Å². The number of hydrogen-bond donors (Lipinski definition) is 1. The highest BCUT2D eigenvalue weighted by atomic mass is 16.5. The molecule has 3 rings (SSSR count). The minimum absolute atomic E-state index is 0.0608. The molecule has 1 aliphatic heterocycles. The van der Waals surface area contributed by atoms with Gasteiger partial charge in [0.25, 0.3) is 0 Å². The lowest BCUT2D eigenvalue weighted by Gasteiger charge is -2.34. The summed E-state index contributed by atoms with van der Waals surface area (Å²) in [5.41, 5.74) is 0.914. The zero-order valence-electron chi connectivity index (χ0n) is 13.6. The number of carbonyl (C=O) groups is 1. The molecule has 9 heteroatoms. The Bertz CT molecular complexity index is 653. The highest BCUT2D eigenvalue weighted by molar-refractivity contribution is 5.74. The monoisotopic (exact) mass is 331 g/mol. The van der Waals surface area contributed by atoms with Gasteiger partial charge in [-0.15, -0.1) is 0 Å². The number of amides is 2. The molecule has 0 aliphatic carbocycles. The number of carbonyl (C=O) groups excluding carboxylic acids is 1. The van der Waals surface area contributed by atoms with Gasteiger partial charge in [0.1, 0.15) is 0 Å². The average Bonchev–Trinajstić information content (AvgIpc) is 3.12. The van der Waals surface area contributed by atoms with Crippen LogP contribution in [0.2, 0.25) is 0 Å². The number of benzene rings is 1. The Morgan fingerprint density at radius 3 is 2.67 bits per heavy atom. The van der Waals surface area contributed by atoms with Crippen LogP contribution in [-0.2, 0) is 4.74 Å². The second-order valence-corrected chi connectivity index (χ2v) is 5.43. The van der Waals surface area contributed by atoms with E-state index in [0.29, 0.717) is 45.3 Å². The van der Waals surface area contributed by atoms with Gasteiger partial charge in [-0.2, -0.15) is 4.68 Å². The molecule has 1 aromatic heterocycles. The Morgan fingerprint density at radius 1 is 1.21 bits per heavy atom. The number of nitrogens with zero attached hydrogens (tertiary/aromatic N) is 6. The van der Waals surface area contributed by atoms with Crippen molar-refractivity contribution < 1.29 is 9.53 Å². The first kappa shape index (κ1) is 16.2. The first-order valence-corrected chi connectivity index (χ1v) is 7.90. The van der Waals surface area contributed by atoms with Crippen molar-refractivity contribution >= 4 is 12.0 Å². The maximum Gasteiger partial charge on any atom is 0.317 e. The molecular formula is C15H21N7O2. The van der Waals surface area contributed by atoms with E-state index in [1.807, 2.05) is 30.3 Å². The molecule has 128 valence electrons. The highest BCUT2D eigenvalue weighted by Gasteiger charge is 2.24. The standard InChI is InChI=1S/C15H21N7O2/c1-24-12-7-16-15(23)21-10-8-20(9-11-21)14-17-18-19-22(14)13-5-3-2-4-6-13/h2-6H,7-12H2,1H3,(H,16,23). The molecule has 0 spiro atoms. The summed E-state index contributed by atoms with van der Waals surface area (Å²) in [5, 5.41) is 14.8. The van der Waals surface area contributed by atoms with Crippen LogP contribution in [0.25, 0.3) is 5.69 Å². The minimum Gasteiger partial charge on any atom is -0.383 e. The number of urea groups is 1. The third-order valence-electron chi connectivity index (χ3n) is 3.89. The van der Waals surface area contributed by atoms with E-state index in [-0.39, 0.29) is 6.03 Å². The fourth-order valence-corrected chi connectivity index (χ4v) is 2.60. The molecule has 0 bridgehead atoms. The summed E-state index contributed by atoms with van der Waals surface area (Å²) in [6.07, 6.45) is 0. The third-order valence-corrected chi connectivity index (χ3v) is 3.89. The van der Waals surface area contributed by atoms with Gasteiger partial charge in [0.2, 0.25) is 5.95 Å². The van der Waals surface area contributed by atoms with Gasteiger partial charge in [-0.1, -0.05) is 23.3 Å². The molecule has 2 aromatic rings. The Hall–Kier alpha value is -2.68. The van der Waals surface area contributed by atoms with Crippen LogP contribution < -0.4 is 10.2 Å². The van der Waals surface area contributed by atoms with E-state index >= 15 is 0 Å². The summed E-state index contributed by atoms with van der Waals surface area (Å²) in [5.74, 6) is 0.695. The third kappa shape index (κ3) is 3.62.